The third kappa shape index (κ3) is 5.86. The van der Waals surface area contributed by atoms with Crippen LogP contribution < -0.4 is 10.8 Å². The zero-order chi connectivity index (χ0) is 29.7. The van der Waals surface area contributed by atoms with Crippen LogP contribution in [0.25, 0.3) is 0 Å². The number of nitrogens with one attached hydrogen (secondary N) is 1. The number of amides is 2. The summed E-state index contributed by atoms with van der Waals surface area (Å²) in [5, 5.41) is 3.31. The molecular weight excluding hydrogens is 523 g/mol. The Morgan fingerprint density at radius 3 is 2.32 bits per heavy atom. The fourth-order valence-electron chi connectivity index (χ4n) is 5.24. The topological polar surface area (TPSA) is 102 Å². The summed E-state index contributed by atoms with van der Waals surface area (Å²) in [4.78, 5) is 35.0. The number of rotatable bonds is 5. The van der Waals surface area contributed by atoms with E-state index in [9.17, 15) is 9.59 Å². The third-order valence-corrected chi connectivity index (χ3v) is 8.37. The second-order valence-corrected chi connectivity index (χ2v) is 12.9. The first-order valence-corrected chi connectivity index (χ1v) is 14.3. The van der Waals surface area contributed by atoms with E-state index in [1.807, 2.05) is 58.2 Å². The van der Waals surface area contributed by atoms with E-state index < -0.39 is 35.9 Å². The molecule has 0 bridgehead atoms. The molecule has 5 rings (SSSR count). The Bertz CT molecular complexity index is 1300. The summed E-state index contributed by atoms with van der Waals surface area (Å²) in [7, 11) is -0.687. The summed E-state index contributed by atoms with van der Waals surface area (Å²) in [5.74, 6) is 0.157. The predicted molar refractivity (Wildman–Crippen MR) is 157 cm³/mol. The van der Waals surface area contributed by atoms with Crippen LogP contribution in [0.4, 0.5) is 16.3 Å². The van der Waals surface area contributed by atoms with Crippen LogP contribution in [0.15, 0.2) is 30.5 Å². The van der Waals surface area contributed by atoms with Gasteiger partial charge < -0.3 is 24.1 Å². The molecule has 0 saturated carbocycles. The number of morpholine rings is 1. The molecule has 3 aliphatic heterocycles. The molecule has 2 fully saturated rings. The van der Waals surface area contributed by atoms with Gasteiger partial charge in [-0.15, -0.1) is 0 Å². The molecule has 0 radical (unpaired) electrons. The summed E-state index contributed by atoms with van der Waals surface area (Å²) in [5.41, 5.74) is 1.57. The average Bonchev–Trinajstić information content (AvgIpc) is 3.36. The molecule has 11 heteroatoms. The van der Waals surface area contributed by atoms with Crippen molar-refractivity contribution in [2.45, 2.75) is 84.8 Å². The molecule has 10 nitrogen and oxygen atoms in total. The van der Waals surface area contributed by atoms with Crippen molar-refractivity contribution in [3.63, 3.8) is 0 Å². The summed E-state index contributed by atoms with van der Waals surface area (Å²) >= 11 is 0. The quantitative estimate of drug-likeness (QED) is 0.529. The van der Waals surface area contributed by atoms with Crippen molar-refractivity contribution < 1.29 is 28.4 Å². The van der Waals surface area contributed by atoms with Crippen LogP contribution in [-0.4, -0.2) is 77.0 Å². The summed E-state index contributed by atoms with van der Waals surface area (Å²) in [6, 6.07) is 7.88. The van der Waals surface area contributed by atoms with E-state index in [4.69, 9.17) is 18.8 Å². The van der Waals surface area contributed by atoms with E-state index in [0.717, 1.165) is 36.8 Å². The lowest BCUT2D eigenvalue weighted by Gasteiger charge is -2.32. The van der Waals surface area contributed by atoms with Crippen molar-refractivity contribution in [2.24, 2.45) is 0 Å². The number of ether oxygens (including phenoxy) is 2. The van der Waals surface area contributed by atoms with Crippen molar-refractivity contribution >= 4 is 36.1 Å². The maximum atomic E-state index is 13.7. The molecule has 2 amide bonds. The largest absolute Gasteiger partial charge is 0.495 e. The smallest absolute Gasteiger partial charge is 0.443 e. The maximum Gasteiger partial charge on any atom is 0.495 e. The molecule has 0 spiro atoms. The van der Waals surface area contributed by atoms with E-state index in [1.54, 1.807) is 20.8 Å². The minimum absolute atomic E-state index is 0.0570. The van der Waals surface area contributed by atoms with Gasteiger partial charge in [-0.1, -0.05) is 12.1 Å². The SMILES string of the molecule is CC(c1ccc(Nc2ccc(B3OC(C)(C)C(C)(C)O3)c3c2C(=O)N(C(=O)OC(C)(C)C)C3)nc1)N1CCOCC1. The molecule has 3 aliphatic rings. The third-order valence-electron chi connectivity index (χ3n) is 8.37. The second kappa shape index (κ2) is 10.7. The van der Waals surface area contributed by atoms with E-state index in [2.05, 4.69) is 22.1 Å². The number of fused-ring (bicyclic) bond motifs is 1. The van der Waals surface area contributed by atoms with Gasteiger partial charge in [0, 0.05) is 25.3 Å². The molecular formula is C30H41BN4O6. The Hall–Kier alpha value is -2.99. The number of aromatic nitrogens is 1. The van der Waals surface area contributed by atoms with Gasteiger partial charge in [0.25, 0.3) is 5.91 Å². The van der Waals surface area contributed by atoms with Crippen LogP contribution in [-0.2, 0) is 25.3 Å². The molecule has 1 aromatic heterocycles. The number of pyridine rings is 1. The van der Waals surface area contributed by atoms with Crippen LogP contribution in [0.5, 0.6) is 0 Å². The molecule has 0 aliphatic carbocycles. The van der Waals surface area contributed by atoms with Gasteiger partial charge in [0.15, 0.2) is 0 Å². The second-order valence-electron chi connectivity index (χ2n) is 12.9. The number of carbonyl (C=O) groups excluding carboxylic acids is 2. The van der Waals surface area contributed by atoms with Crippen molar-refractivity contribution in [1.29, 1.82) is 0 Å². The standard InChI is InChI=1S/C30H41BN4O6/c1-19(34-13-15-38-16-14-34)20-9-12-24(32-17-20)33-23-11-10-22(31-40-29(5,6)30(7,8)41-31)21-18-35(26(36)25(21)23)27(37)39-28(2,3)4/h9-12,17,19H,13-16,18H2,1-8H3,(H,32,33). The highest BCUT2D eigenvalue weighted by atomic mass is 16.7. The number of carbonyl (C=O) groups is 2. The van der Waals surface area contributed by atoms with Gasteiger partial charge in [-0.25, -0.2) is 14.7 Å². The fraction of sp³-hybridized carbons (Fsp3) is 0.567. The number of benzene rings is 1. The van der Waals surface area contributed by atoms with Crippen molar-refractivity contribution in [3.8, 4) is 0 Å². The first-order valence-electron chi connectivity index (χ1n) is 14.3. The van der Waals surface area contributed by atoms with Gasteiger partial charge in [-0.05, 0) is 84.1 Å². The molecule has 4 heterocycles. The highest BCUT2D eigenvalue weighted by Gasteiger charge is 2.53. The van der Waals surface area contributed by atoms with Crippen LogP contribution in [0.2, 0.25) is 0 Å². The van der Waals surface area contributed by atoms with Gasteiger partial charge in [0.05, 0.1) is 42.2 Å². The zero-order valence-electron chi connectivity index (χ0n) is 25.4. The Balaban J connectivity index is 1.45. The minimum Gasteiger partial charge on any atom is -0.443 e. The summed E-state index contributed by atoms with van der Waals surface area (Å²) < 4.78 is 23.7. The van der Waals surface area contributed by atoms with Crippen molar-refractivity contribution in [2.75, 3.05) is 31.6 Å². The van der Waals surface area contributed by atoms with E-state index in [-0.39, 0.29) is 12.6 Å². The number of hydrogen-bond donors (Lipinski definition) is 1. The van der Waals surface area contributed by atoms with Gasteiger partial charge in [0.2, 0.25) is 0 Å². The predicted octanol–water partition coefficient (Wildman–Crippen LogP) is 4.41. The van der Waals surface area contributed by atoms with Crippen LogP contribution in [0.1, 0.15) is 82.9 Å². The number of nitrogens with zero attached hydrogens (tertiary/aromatic N) is 3. The molecule has 2 aromatic rings. The number of imide groups is 1. The summed E-state index contributed by atoms with van der Waals surface area (Å²) in [6.45, 7) is 18.7. The van der Waals surface area contributed by atoms with Gasteiger partial charge in [-0.3, -0.25) is 9.69 Å². The fourth-order valence-corrected chi connectivity index (χ4v) is 5.24. The zero-order valence-corrected chi connectivity index (χ0v) is 25.4. The van der Waals surface area contributed by atoms with Crippen molar-refractivity contribution in [3.05, 3.63) is 47.2 Å². The van der Waals surface area contributed by atoms with E-state index in [0.29, 0.717) is 28.1 Å². The van der Waals surface area contributed by atoms with E-state index in [1.165, 1.54) is 0 Å². The normalized spacial score (nSPS) is 21.1. The van der Waals surface area contributed by atoms with E-state index >= 15 is 0 Å². The van der Waals surface area contributed by atoms with Gasteiger partial charge in [-0.2, -0.15) is 0 Å². The molecule has 1 aromatic carbocycles. The monoisotopic (exact) mass is 564 g/mol. The lowest BCUT2D eigenvalue weighted by Crippen LogP contribution is -2.41. The first kappa shape index (κ1) is 29.5. The first-order chi connectivity index (χ1) is 19.2. The van der Waals surface area contributed by atoms with Crippen LogP contribution in [0.3, 0.4) is 0 Å². The highest BCUT2D eigenvalue weighted by Crippen LogP contribution is 2.39. The lowest BCUT2D eigenvalue weighted by atomic mass is 9.74. The lowest BCUT2D eigenvalue weighted by molar-refractivity contribution is 0.00578. The highest BCUT2D eigenvalue weighted by molar-refractivity contribution is 6.63. The van der Waals surface area contributed by atoms with Gasteiger partial charge >= 0.3 is 13.2 Å². The van der Waals surface area contributed by atoms with Crippen LogP contribution in [0, 0.1) is 0 Å². The molecule has 1 unspecified atom stereocenters. The Labute approximate surface area is 242 Å². The van der Waals surface area contributed by atoms with Crippen molar-refractivity contribution in [1.82, 2.24) is 14.8 Å². The Morgan fingerprint density at radius 1 is 1.07 bits per heavy atom. The Morgan fingerprint density at radius 2 is 1.73 bits per heavy atom. The molecule has 220 valence electrons. The van der Waals surface area contributed by atoms with Crippen LogP contribution >= 0.6 is 0 Å². The average molecular weight is 564 g/mol. The molecule has 2 saturated heterocycles. The Kier molecular flexibility index (Phi) is 7.69. The maximum absolute atomic E-state index is 13.7. The molecule has 41 heavy (non-hydrogen) atoms. The minimum atomic E-state index is -0.744. The molecule has 1 atom stereocenters. The summed E-state index contributed by atoms with van der Waals surface area (Å²) in [6.07, 6.45) is 1.17. The number of hydrogen-bond acceptors (Lipinski definition) is 9. The van der Waals surface area contributed by atoms with Gasteiger partial charge in [0.1, 0.15) is 11.4 Å². The number of anilines is 2. The molecule has 1 N–H and O–H groups in total.